The van der Waals surface area contributed by atoms with E-state index in [0.717, 1.165) is 56.4 Å². The van der Waals surface area contributed by atoms with E-state index in [4.69, 9.17) is 4.74 Å². The molecule has 3 saturated carbocycles. The molecule has 1 saturated heterocycles. The molecular formula is C41H55N2O2+. The van der Waals surface area contributed by atoms with Gasteiger partial charge in [-0.3, -0.25) is 0 Å². The van der Waals surface area contributed by atoms with Crippen LogP contribution in [0.2, 0.25) is 0 Å². The number of allylic oxidation sites excluding steroid dienone is 1. The van der Waals surface area contributed by atoms with Crippen LogP contribution in [0.15, 0.2) is 72.8 Å². The zero-order chi connectivity index (χ0) is 30.9. The number of aromatic nitrogens is 2. The lowest BCUT2D eigenvalue weighted by molar-refractivity contribution is -0.696. The average molecular weight is 608 g/mol. The van der Waals surface area contributed by atoms with Gasteiger partial charge in [-0.25, -0.2) is 9.13 Å². The SMILES string of the molecule is CC1C2C(C[C@H]3[C@@H]4CC=C5CC(O)CC[C@]5(C)[C@H]4CC[C@]23C)O[C@@H]1CC[C@@H](C)n1cc[n+](CCc2cccc3ccccc23)c1. The van der Waals surface area contributed by atoms with Crippen molar-refractivity contribution in [3.8, 4) is 0 Å². The lowest BCUT2D eigenvalue weighted by Crippen LogP contribution is -2.51. The van der Waals surface area contributed by atoms with Crippen LogP contribution in [0.3, 0.4) is 0 Å². The van der Waals surface area contributed by atoms with Gasteiger partial charge in [-0.1, -0.05) is 74.9 Å². The summed E-state index contributed by atoms with van der Waals surface area (Å²) in [5.41, 5.74) is 3.74. The van der Waals surface area contributed by atoms with Gasteiger partial charge in [0.15, 0.2) is 0 Å². The van der Waals surface area contributed by atoms with Crippen LogP contribution in [0.25, 0.3) is 10.8 Å². The summed E-state index contributed by atoms with van der Waals surface area (Å²) >= 11 is 0. The van der Waals surface area contributed by atoms with Crippen LogP contribution in [-0.4, -0.2) is 28.0 Å². The molecule has 3 aromatic rings. The Morgan fingerprint density at radius 3 is 2.80 bits per heavy atom. The molecule has 0 bridgehead atoms. The predicted octanol–water partition coefficient (Wildman–Crippen LogP) is 8.47. The molecular weight excluding hydrogens is 552 g/mol. The van der Waals surface area contributed by atoms with Crippen LogP contribution in [0.5, 0.6) is 0 Å². The second-order valence-corrected chi connectivity index (χ2v) is 16.4. The summed E-state index contributed by atoms with van der Waals surface area (Å²) in [6.45, 7) is 11.1. The van der Waals surface area contributed by atoms with Crippen LogP contribution in [-0.2, 0) is 17.7 Å². The van der Waals surface area contributed by atoms with E-state index in [0.29, 0.717) is 40.9 Å². The zero-order valence-corrected chi connectivity index (χ0v) is 28.1. The lowest BCUT2D eigenvalue weighted by atomic mass is 9.47. The molecule has 1 aromatic heterocycles. The van der Waals surface area contributed by atoms with E-state index in [9.17, 15) is 5.11 Å². The van der Waals surface area contributed by atoms with Gasteiger partial charge in [0.1, 0.15) is 12.4 Å². The largest absolute Gasteiger partial charge is 0.393 e. The molecule has 4 nitrogen and oxygen atoms in total. The predicted molar refractivity (Wildman–Crippen MR) is 181 cm³/mol. The fourth-order valence-corrected chi connectivity index (χ4v) is 11.8. The monoisotopic (exact) mass is 607 g/mol. The molecule has 11 atom stereocenters. The number of benzene rings is 2. The highest BCUT2D eigenvalue weighted by molar-refractivity contribution is 5.85. The average Bonchev–Trinajstić information content (AvgIpc) is 3.73. The second kappa shape index (κ2) is 11.4. The van der Waals surface area contributed by atoms with E-state index < -0.39 is 0 Å². The van der Waals surface area contributed by atoms with Gasteiger partial charge in [0.25, 0.3) is 0 Å². The van der Waals surface area contributed by atoms with E-state index in [1.807, 2.05) is 0 Å². The summed E-state index contributed by atoms with van der Waals surface area (Å²) in [5.74, 6) is 3.73. The third-order valence-electron chi connectivity index (χ3n) is 14.3. The summed E-state index contributed by atoms with van der Waals surface area (Å²) in [7, 11) is 0. The van der Waals surface area contributed by atoms with Gasteiger partial charge in [0.05, 0.1) is 30.9 Å². The summed E-state index contributed by atoms with van der Waals surface area (Å²) < 4.78 is 11.8. The number of fused-ring (bicyclic) bond motifs is 8. The molecule has 4 fully saturated rings. The Labute approximate surface area is 270 Å². The molecule has 1 aliphatic heterocycles. The number of aliphatic hydroxyl groups is 1. The molecule has 8 rings (SSSR count). The Hall–Kier alpha value is -2.43. The highest BCUT2D eigenvalue weighted by Gasteiger charge is 2.64. The standard InChI is InChI=1S/C41H55N2O2/c1-27(43-23-22-42(26-43)21-18-30-10-7-9-29-8-5-6-11-33(29)30)12-15-37-28(2)39-38(45-37)25-36-34-14-13-31-24-32(44)16-19-40(31,3)35(34)17-20-41(36,39)4/h5-11,13,22-23,26-28,32,34-39,44H,12,14-21,24-25H2,1-4H3/q+1/t27-,28?,32?,34-,35+,36+,37-,38?,39?,40+,41+/m1/s1. The Balaban J connectivity index is 0.884. The molecule has 2 heterocycles. The van der Waals surface area contributed by atoms with Crippen molar-refractivity contribution < 1.29 is 14.4 Å². The maximum Gasteiger partial charge on any atom is 0.243 e. The van der Waals surface area contributed by atoms with E-state index in [-0.39, 0.29) is 6.10 Å². The van der Waals surface area contributed by atoms with Gasteiger partial charge in [-0.05, 0) is 121 Å². The Morgan fingerprint density at radius 1 is 1.07 bits per heavy atom. The third kappa shape index (κ3) is 4.96. The topological polar surface area (TPSA) is 38.3 Å². The third-order valence-corrected chi connectivity index (χ3v) is 14.3. The number of hydrogen-bond acceptors (Lipinski definition) is 2. The van der Waals surface area contributed by atoms with Crippen LogP contribution in [0, 0.1) is 40.4 Å². The van der Waals surface area contributed by atoms with Crippen molar-refractivity contribution in [2.24, 2.45) is 40.4 Å². The van der Waals surface area contributed by atoms with Crippen molar-refractivity contribution in [1.29, 1.82) is 0 Å². The summed E-state index contributed by atoms with van der Waals surface area (Å²) in [5, 5.41) is 13.1. The second-order valence-electron chi connectivity index (χ2n) is 16.4. The zero-order valence-electron chi connectivity index (χ0n) is 28.1. The van der Waals surface area contributed by atoms with Crippen molar-refractivity contribution >= 4 is 10.8 Å². The molecule has 2 aromatic carbocycles. The van der Waals surface area contributed by atoms with Crippen molar-refractivity contribution in [1.82, 2.24) is 4.57 Å². The van der Waals surface area contributed by atoms with Crippen molar-refractivity contribution in [2.45, 2.75) is 123 Å². The first-order valence-electron chi connectivity index (χ1n) is 18.3. The minimum absolute atomic E-state index is 0.117. The fraction of sp³-hybridized carbons (Fsp3) is 0.634. The molecule has 0 amide bonds. The number of nitrogens with zero attached hydrogens (tertiary/aromatic N) is 2. The van der Waals surface area contributed by atoms with E-state index in [1.54, 1.807) is 5.57 Å². The minimum Gasteiger partial charge on any atom is -0.393 e. The lowest BCUT2D eigenvalue weighted by Gasteiger charge is -2.58. The van der Waals surface area contributed by atoms with Crippen LogP contribution in [0.4, 0.5) is 0 Å². The molecule has 0 radical (unpaired) electrons. The molecule has 5 aliphatic rings. The minimum atomic E-state index is -0.117. The molecule has 0 spiro atoms. The Bertz CT molecular complexity index is 1570. The van der Waals surface area contributed by atoms with E-state index in [2.05, 4.69) is 104 Å². The first-order valence-corrected chi connectivity index (χ1v) is 18.3. The summed E-state index contributed by atoms with van der Waals surface area (Å²) in [6, 6.07) is 15.9. The van der Waals surface area contributed by atoms with Gasteiger partial charge < -0.3 is 9.84 Å². The number of ether oxygens (including phenoxy) is 1. The fourth-order valence-electron chi connectivity index (χ4n) is 11.8. The summed E-state index contributed by atoms with van der Waals surface area (Å²) in [4.78, 5) is 0. The van der Waals surface area contributed by atoms with Crippen LogP contribution < -0.4 is 4.57 Å². The van der Waals surface area contributed by atoms with E-state index in [1.165, 1.54) is 48.4 Å². The number of aryl methyl sites for hydroxylation is 2. The molecule has 4 unspecified atom stereocenters. The first kappa shape index (κ1) is 29.9. The quantitative estimate of drug-likeness (QED) is 0.216. The van der Waals surface area contributed by atoms with Crippen molar-refractivity contribution in [3.05, 3.63) is 78.4 Å². The highest BCUT2D eigenvalue weighted by Crippen LogP contribution is 2.69. The van der Waals surface area contributed by atoms with Crippen LogP contribution in [0.1, 0.15) is 97.1 Å². The molecule has 1 N–H and O–H groups in total. The molecule has 4 aliphatic carbocycles. The normalized spacial score (nSPS) is 39.5. The number of hydrogen-bond donors (Lipinski definition) is 1. The molecule has 4 heteroatoms. The van der Waals surface area contributed by atoms with Gasteiger partial charge >= 0.3 is 0 Å². The molecule has 45 heavy (non-hydrogen) atoms. The Morgan fingerprint density at radius 2 is 1.91 bits per heavy atom. The van der Waals surface area contributed by atoms with Crippen LogP contribution >= 0.6 is 0 Å². The first-order chi connectivity index (χ1) is 21.7. The Kier molecular flexibility index (Phi) is 7.57. The van der Waals surface area contributed by atoms with Crippen molar-refractivity contribution in [2.75, 3.05) is 0 Å². The number of rotatable bonds is 7. The van der Waals surface area contributed by atoms with Gasteiger partial charge in [0.2, 0.25) is 6.33 Å². The molecule has 240 valence electrons. The number of aliphatic hydroxyl groups excluding tert-OH is 1. The van der Waals surface area contributed by atoms with E-state index >= 15 is 0 Å². The smallest absolute Gasteiger partial charge is 0.243 e. The van der Waals surface area contributed by atoms with Crippen molar-refractivity contribution in [3.63, 3.8) is 0 Å². The summed E-state index contributed by atoms with van der Waals surface area (Å²) in [6.07, 6.45) is 21.8. The van der Waals surface area contributed by atoms with Gasteiger partial charge in [-0.2, -0.15) is 0 Å². The maximum atomic E-state index is 10.4. The van der Waals surface area contributed by atoms with Gasteiger partial charge in [-0.15, -0.1) is 0 Å². The maximum absolute atomic E-state index is 10.4. The highest BCUT2D eigenvalue weighted by atomic mass is 16.5. The van der Waals surface area contributed by atoms with Gasteiger partial charge in [0, 0.05) is 6.42 Å². The number of imidazole rings is 1.